The summed E-state index contributed by atoms with van der Waals surface area (Å²) in [6.45, 7) is 6.08. The number of likely N-dealkylation sites (tertiary alicyclic amines) is 1. The van der Waals surface area contributed by atoms with Gasteiger partial charge in [0.25, 0.3) is 11.7 Å². The maximum absolute atomic E-state index is 13.4. The number of aliphatic hydroxyl groups is 1. The van der Waals surface area contributed by atoms with Gasteiger partial charge in [0.05, 0.1) is 18.3 Å². The maximum atomic E-state index is 13.4. The number of methoxy groups -OCH3 is 2. The molecule has 1 aliphatic carbocycles. The van der Waals surface area contributed by atoms with Crippen LogP contribution in [0.2, 0.25) is 0 Å². The molecule has 2 heterocycles. The summed E-state index contributed by atoms with van der Waals surface area (Å²) in [6, 6.07) is -0.973. The summed E-state index contributed by atoms with van der Waals surface area (Å²) in [5.41, 5.74) is 2.57. The quantitative estimate of drug-likeness (QED) is 0.0816. The van der Waals surface area contributed by atoms with Gasteiger partial charge in [0.15, 0.2) is 0 Å². The average molecular weight is 686 g/mol. The van der Waals surface area contributed by atoms with Crippen molar-refractivity contribution in [1.29, 1.82) is 0 Å². The van der Waals surface area contributed by atoms with Gasteiger partial charge in [0, 0.05) is 39.5 Å². The fourth-order valence-corrected chi connectivity index (χ4v) is 7.63. The summed E-state index contributed by atoms with van der Waals surface area (Å²) in [5.74, 6) is -5.02. The molecule has 10 nitrogen and oxygen atoms in total. The first-order valence-corrected chi connectivity index (χ1v) is 18.5. The van der Waals surface area contributed by atoms with Gasteiger partial charge in [0.1, 0.15) is 11.8 Å². The normalized spacial score (nSPS) is 29.8. The van der Waals surface area contributed by atoms with Crippen molar-refractivity contribution in [3.63, 3.8) is 0 Å². The second kappa shape index (κ2) is 20.5. The third kappa shape index (κ3) is 12.1. The Hall–Kier alpha value is -2.34. The van der Waals surface area contributed by atoms with Gasteiger partial charge in [-0.1, -0.05) is 43.1 Å². The van der Waals surface area contributed by atoms with Crippen LogP contribution in [0.4, 0.5) is 0 Å². The van der Waals surface area contributed by atoms with E-state index < -0.39 is 41.5 Å². The number of Topliss-reactive ketones (excluding diaryl/α,β-unsaturated/α-hetero) is 2. The average Bonchev–Trinajstić information content (AvgIpc) is 3.11. The highest BCUT2D eigenvalue weighted by molar-refractivity contribution is 6.39. The molecule has 2 aliphatic heterocycles. The molecule has 3 aliphatic rings. The van der Waals surface area contributed by atoms with Crippen LogP contribution >= 0.6 is 0 Å². The molecule has 2 radical (unpaired) electrons. The molecule has 0 spiro atoms. The second-order valence-electron chi connectivity index (χ2n) is 14.6. The Labute approximate surface area is 295 Å². The summed E-state index contributed by atoms with van der Waals surface area (Å²) < 4.78 is 21.6. The fraction of sp³-hybridized carbons (Fsp3) is 0.789. The van der Waals surface area contributed by atoms with Gasteiger partial charge in [-0.25, -0.2) is 0 Å². The molecule has 1 amide bonds. The molecule has 1 N–H and O–H groups in total. The first kappa shape index (κ1) is 41.1. The summed E-state index contributed by atoms with van der Waals surface area (Å²) in [5, 5.41) is 11.5. The lowest BCUT2D eigenvalue weighted by molar-refractivity contribution is -0.286. The largest absolute Gasteiger partial charge is 0.542 e. The smallest absolute Gasteiger partial charge is 0.378 e. The number of amides is 1. The number of hydrogen-bond acceptors (Lipinski definition) is 9. The standard InChI is InChI=1S/C38H60BNO9/c1-26(20-21-30(41)16-8-6-14-27(2)23-29-15-12-17-31(25-29)46-4)13-7-9-19-33-34(47-5)24-28(3)38(45,48-33)35(42)36(43)40-22-11-10-18-32(40)37(44)49-39/h20,23,28-29,31-34,45H,6-19,21-22,24-25H2,1-5H3/b26-20+,27-23+/t28-,29+,31+,32+,33-,34+,38-/m1/s1. The molecule has 0 unspecified atom stereocenters. The highest BCUT2D eigenvalue weighted by Crippen LogP contribution is 2.37. The van der Waals surface area contributed by atoms with Crippen LogP contribution in [-0.2, 0) is 38.0 Å². The van der Waals surface area contributed by atoms with E-state index in [-0.39, 0.29) is 18.4 Å². The number of hydrogen-bond donors (Lipinski definition) is 1. The molecule has 49 heavy (non-hydrogen) atoms. The monoisotopic (exact) mass is 685 g/mol. The number of carbonyl (C=O) groups is 4. The highest BCUT2D eigenvalue weighted by atomic mass is 16.7. The Morgan fingerprint density at radius 1 is 0.918 bits per heavy atom. The molecule has 274 valence electrons. The first-order valence-electron chi connectivity index (χ1n) is 18.5. The summed E-state index contributed by atoms with van der Waals surface area (Å²) in [4.78, 5) is 52.6. The van der Waals surface area contributed by atoms with Crippen molar-refractivity contribution in [2.75, 3.05) is 20.8 Å². The van der Waals surface area contributed by atoms with E-state index in [4.69, 9.17) is 22.3 Å². The number of allylic oxidation sites excluding steroid dienone is 4. The second-order valence-corrected chi connectivity index (χ2v) is 14.6. The number of carbonyl (C=O) groups excluding carboxylic acids is 4. The van der Waals surface area contributed by atoms with E-state index in [0.717, 1.165) is 61.8 Å². The Morgan fingerprint density at radius 2 is 1.63 bits per heavy atom. The van der Waals surface area contributed by atoms with E-state index in [0.29, 0.717) is 57.0 Å². The van der Waals surface area contributed by atoms with Crippen molar-refractivity contribution in [1.82, 2.24) is 4.90 Å². The number of rotatable bonds is 18. The predicted octanol–water partition coefficient (Wildman–Crippen LogP) is 5.87. The van der Waals surface area contributed by atoms with Crippen molar-refractivity contribution in [2.24, 2.45) is 11.8 Å². The van der Waals surface area contributed by atoms with Gasteiger partial charge < -0.3 is 28.9 Å². The van der Waals surface area contributed by atoms with Crippen LogP contribution < -0.4 is 0 Å². The van der Waals surface area contributed by atoms with Crippen LogP contribution in [0.5, 0.6) is 0 Å². The molecule has 1 saturated carbocycles. The van der Waals surface area contributed by atoms with Crippen molar-refractivity contribution in [3.8, 4) is 0 Å². The van der Waals surface area contributed by atoms with Gasteiger partial charge in [-0.05, 0) is 103 Å². The molecule has 0 aromatic carbocycles. The molecule has 2 saturated heterocycles. The number of nitrogens with zero attached hydrogens (tertiary/aromatic N) is 1. The minimum atomic E-state index is -2.33. The zero-order valence-corrected chi connectivity index (χ0v) is 30.6. The van der Waals surface area contributed by atoms with Crippen molar-refractivity contribution < 1.29 is 43.1 Å². The Morgan fingerprint density at radius 3 is 2.35 bits per heavy atom. The zero-order chi connectivity index (χ0) is 36.0. The molecular weight excluding hydrogens is 625 g/mol. The number of unbranched alkanes of at least 4 members (excludes halogenated alkanes) is 2. The fourth-order valence-electron chi connectivity index (χ4n) is 7.63. The van der Waals surface area contributed by atoms with Crippen LogP contribution in [0.1, 0.15) is 130 Å². The van der Waals surface area contributed by atoms with Gasteiger partial charge >= 0.3 is 14.0 Å². The number of ketones is 2. The summed E-state index contributed by atoms with van der Waals surface area (Å²) >= 11 is 0. The third-order valence-corrected chi connectivity index (χ3v) is 10.8. The van der Waals surface area contributed by atoms with Crippen LogP contribution in [0, 0.1) is 11.8 Å². The molecule has 3 fully saturated rings. The van der Waals surface area contributed by atoms with Gasteiger partial charge in [-0.2, -0.15) is 0 Å². The van der Waals surface area contributed by atoms with E-state index in [9.17, 15) is 24.3 Å². The van der Waals surface area contributed by atoms with E-state index >= 15 is 0 Å². The van der Waals surface area contributed by atoms with Gasteiger partial charge in [0.2, 0.25) is 5.79 Å². The molecule has 0 aromatic rings. The molecular formula is C38H60BNO9. The van der Waals surface area contributed by atoms with Crippen molar-refractivity contribution in [3.05, 3.63) is 23.3 Å². The van der Waals surface area contributed by atoms with E-state index in [1.54, 1.807) is 21.1 Å². The predicted molar refractivity (Wildman–Crippen MR) is 187 cm³/mol. The Balaban J connectivity index is 1.40. The van der Waals surface area contributed by atoms with E-state index in [2.05, 4.69) is 17.7 Å². The van der Waals surface area contributed by atoms with Crippen LogP contribution in [0.3, 0.4) is 0 Å². The topological polar surface area (TPSA) is 129 Å². The maximum Gasteiger partial charge on any atom is 0.378 e. The number of piperidine rings is 1. The third-order valence-electron chi connectivity index (χ3n) is 10.8. The molecule has 3 rings (SSSR count). The summed E-state index contributed by atoms with van der Waals surface area (Å²) in [7, 11) is 8.44. The Bertz CT molecular complexity index is 1170. The van der Waals surface area contributed by atoms with Crippen LogP contribution in [0.25, 0.3) is 0 Å². The first-order chi connectivity index (χ1) is 23.4. The van der Waals surface area contributed by atoms with E-state index in [1.807, 2.05) is 13.0 Å². The lowest BCUT2D eigenvalue weighted by Gasteiger charge is -2.45. The molecule has 0 aromatic heterocycles. The van der Waals surface area contributed by atoms with Gasteiger partial charge in [-0.15, -0.1) is 0 Å². The van der Waals surface area contributed by atoms with Crippen molar-refractivity contribution >= 4 is 31.5 Å². The lowest BCUT2D eigenvalue weighted by Crippen LogP contribution is -2.62. The molecule has 7 atom stereocenters. The highest BCUT2D eigenvalue weighted by Gasteiger charge is 2.54. The van der Waals surface area contributed by atoms with E-state index in [1.165, 1.54) is 18.4 Å². The minimum absolute atomic E-state index is 0.186. The SMILES string of the molecule is [B]OC(=O)[C@@H]1CCCCN1C(=O)C(=O)[C@]1(O)O[C@H](CCCC/C(C)=C/CC(=O)CCCC/C(C)=C/[C@@H]2CCC[C@H](OC)C2)[C@@H](OC)C[C@H]1C. The molecule has 0 bridgehead atoms. The Kier molecular flexibility index (Phi) is 17.2. The minimum Gasteiger partial charge on any atom is -0.542 e. The van der Waals surface area contributed by atoms with Crippen molar-refractivity contribution in [2.45, 2.75) is 160 Å². The summed E-state index contributed by atoms with van der Waals surface area (Å²) in [6.07, 6.45) is 17.5. The van der Waals surface area contributed by atoms with Crippen LogP contribution in [-0.4, -0.2) is 92.4 Å². The lowest BCUT2D eigenvalue weighted by atomic mass is 9.84. The van der Waals surface area contributed by atoms with Gasteiger partial charge in [-0.3, -0.25) is 19.2 Å². The number of ether oxygens (including phenoxy) is 3. The zero-order valence-electron chi connectivity index (χ0n) is 30.6. The van der Waals surface area contributed by atoms with Crippen LogP contribution in [0.15, 0.2) is 23.3 Å². The molecule has 11 heteroatoms.